The predicted octanol–water partition coefficient (Wildman–Crippen LogP) is 1.67. The number of ether oxygens (including phenoxy) is 1. The first kappa shape index (κ1) is 12.8. The number of aromatic nitrogens is 1. The summed E-state index contributed by atoms with van der Waals surface area (Å²) >= 11 is 0. The second kappa shape index (κ2) is 5.34. The smallest absolute Gasteiger partial charge is 0.320 e. The van der Waals surface area contributed by atoms with Gasteiger partial charge in [0, 0.05) is 11.6 Å². The van der Waals surface area contributed by atoms with Crippen molar-refractivity contribution in [3.63, 3.8) is 0 Å². The number of hydrogen-bond donors (Lipinski definition) is 2. The fourth-order valence-electron chi connectivity index (χ4n) is 1.69. The zero-order valence-electron chi connectivity index (χ0n) is 10.3. The number of carbonyl (C=O) groups excluding carboxylic acids is 1. The third-order valence-corrected chi connectivity index (χ3v) is 2.69. The van der Waals surface area contributed by atoms with Crippen LogP contribution in [0.4, 0.5) is 0 Å². The lowest BCUT2D eigenvalue weighted by Gasteiger charge is -2.13. The molecule has 6 heteroatoms. The van der Waals surface area contributed by atoms with Crippen molar-refractivity contribution in [1.82, 2.24) is 5.16 Å². The standard InChI is InChI=1S/C13H13N3O3/c1-8(13(17)18-11-6-7-16-19-11)9-4-2-3-5-10(9)12(14)15/h2-8H,1H3,(H3,14,15). The van der Waals surface area contributed by atoms with Crippen molar-refractivity contribution in [2.45, 2.75) is 12.8 Å². The Bertz CT molecular complexity index is 593. The van der Waals surface area contributed by atoms with Crippen LogP contribution in [0, 0.1) is 5.41 Å². The average Bonchev–Trinajstić information content (AvgIpc) is 2.90. The van der Waals surface area contributed by atoms with Crippen LogP contribution in [-0.2, 0) is 4.79 Å². The minimum absolute atomic E-state index is 0.0390. The fourth-order valence-corrected chi connectivity index (χ4v) is 1.69. The van der Waals surface area contributed by atoms with E-state index in [1.165, 1.54) is 12.3 Å². The van der Waals surface area contributed by atoms with E-state index in [1.54, 1.807) is 31.2 Å². The van der Waals surface area contributed by atoms with Gasteiger partial charge in [-0.1, -0.05) is 29.4 Å². The topological polar surface area (TPSA) is 102 Å². The molecule has 0 saturated carbocycles. The first-order valence-corrected chi connectivity index (χ1v) is 5.65. The molecule has 0 radical (unpaired) electrons. The van der Waals surface area contributed by atoms with E-state index in [2.05, 4.69) is 5.16 Å². The van der Waals surface area contributed by atoms with Crippen LogP contribution in [0.3, 0.4) is 0 Å². The Kier molecular flexibility index (Phi) is 3.61. The number of nitrogen functional groups attached to an aromatic ring is 1. The lowest BCUT2D eigenvalue weighted by atomic mass is 9.95. The molecule has 3 N–H and O–H groups in total. The first-order chi connectivity index (χ1) is 9.09. The molecule has 2 aromatic rings. The monoisotopic (exact) mass is 259 g/mol. The van der Waals surface area contributed by atoms with E-state index in [4.69, 9.17) is 20.4 Å². The summed E-state index contributed by atoms with van der Waals surface area (Å²) in [5.74, 6) is -1.11. The highest BCUT2D eigenvalue weighted by Gasteiger charge is 2.22. The molecule has 1 aromatic carbocycles. The van der Waals surface area contributed by atoms with Gasteiger partial charge < -0.3 is 15.0 Å². The summed E-state index contributed by atoms with van der Waals surface area (Å²) in [7, 11) is 0. The normalized spacial score (nSPS) is 11.8. The minimum Gasteiger partial charge on any atom is -0.391 e. The fraction of sp³-hybridized carbons (Fsp3) is 0.154. The Morgan fingerprint density at radius 2 is 2.16 bits per heavy atom. The summed E-state index contributed by atoms with van der Waals surface area (Å²) in [6, 6.07) is 8.41. The SMILES string of the molecule is CC(C(=O)Oc1ccno1)c1ccccc1C(=N)N. The van der Waals surface area contributed by atoms with Crippen LogP contribution in [0.1, 0.15) is 24.0 Å². The number of amidine groups is 1. The van der Waals surface area contributed by atoms with Crippen LogP contribution in [0.25, 0.3) is 0 Å². The van der Waals surface area contributed by atoms with E-state index in [0.717, 1.165) is 0 Å². The highest BCUT2D eigenvalue weighted by atomic mass is 16.6. The van der Waals surface area contributed by atoms with Crippen LogP contribution in [0.2, 0.25) is 0 Å². The second-order valence-electron chi connectivity index (χ2n) is 3.98. The summed E-state index contributed by atoms with van der Waals surface area (Å²) in [6.07, 6.45) is 1.39. The molecule has 0 bridgehead atoms. The molecule has 19 heavy (non-hydrogen) atoms. The predicted molar refractivity (Wildman–Crippen MR) is 68.0 cm³/mol. The number of carbonyl (C=O) groups is 1. The lowest BCUT2D eigenvalue weighted by molar-refractivity contribution is -0.137. The van der Waals surface area contributed by atoms with Gasteiger partial charge in [-0.05, 0) is 12.5 Å². The third-order valence-electron chi connectivity index (χ3n) is 2.69. The van der Waals surface area contributed by atoms with Crippen molar-refractivity contribution in [3.8, 4) is 5.95 Å². The van der Waals surface area contributed by atoms with Crippen LogP contribution < -0.4 is 10.5 Å². The molecule has 0 fully saturated rings. The van der Waals surface area contributed by atoms with Gasteiger partial charge in [-0.3, -0.25) is 10.2 Å². The third kappa shape index (κ3) is 2.79. The largest absolute Gasteiger partial charge is 0.391 e. The number of nitrogens with zero attached hydrogens (tertiary/aromatic N) is 1. The summed E-state index contributed by atoms with van der Waals surface area (Å²) < 4.78 is 9.73. The van der Waals surface area contributed by atoms with E-state index in [1.807, 2.05) is 0 Å². The molecule has 0 spiro atoms. The van der Waals surface area contributed by atoms with E-state index in [0.29, 0.717) is 11.1 Å². The van der Waals surface area contributed by atoms with E-state index in [9.17, 15) is 4.79 Å². The maximum Gasteiger partial charge on any atom is 0.320 e. The Morgan fingerprint density at radius 1 is 1.42 bits per heavy atom. The van der Waals surface area contributed by atoms with E-state index < -0.39 is 11.9 Å². The molecule has 0 aliphatic heterocycles. The molecule has 6 nitrogen and oxygen atoms in total. The van der Waals surface area contributed by atoms with E-state index in [-0.39, 0.29) is 11.8 Å². The summed E-state index contributed by atoms with van der Waals surface area (Å²) in [4.78, 5) is 12.0. The molecule has 0 aliphatic rings. The molecule has 0 aliphatic carbocycles. The number of rotatable bonds is 4. The summed E-state index contributed by atoms with van der Waals surface area (Å²) in [5.41, 5.74) is 6.65. The first-order valence-electron chi connectivity index (χ1n) is 5.65. The van der Waals surface area contributed by atoms with Gasteiger partial charge in [0.25, 0.3) is 0 Å². The molecular weight excluding hydrogens is 246 g/mol. The average molecular weight is 259 g/mol. The van der Waals surface area contributed by atoms with Crippen molar-refractivity contribution in [2.75, 3.05) is 0 Å². The van der Waals surface area contributed by atoms with Gasteiger partial charge >= 0.3 is 11.9 Å². The summed E-state index contributed by atoms with van der Waals surface area (Å²) in [5, 5.41) is 11.0. The molecule has 2 rings (SSSR count). The van der Waals surface area contributed by atoms with Crippen LogP contribution in [0.15, 0.2) is 41.1 Å². The van der Waals surface area contributed by atoms with Gasteiger partial charge in [-0.2, -0.15) is 0 Å². The second-order valence-corrected chi connectivity index (χ2v) is 3.98. The summed E-state index contributed by atoms with van der Waals surface area (Å²) in [6.45, 7) is 1.68. The van der Waals surface area contributed by atoms with Crippen molar-refractivity contribution >= 4 is 11.8 Å². The van der Waals surface area contributed by atoms with Gasteiger partial charge in [0.05, 0.1) is 12.1 Å². The van der Waals surface area contributed by atoms with Crippen molar-refractivity contribution in [3.05, 3.63) is 47.7 Å². The van der Waals surface area contributed by atoms with Gasteiger partial charge in [0.2, 0.25) is 0 Å². The van der Waals surface area contributed by atoms with E-state index >= 15 is 0 Å². The van der Waals surface area contributed by atoms with Crippen molar-refractivity contribution < 1.29 is 14.1 Å². The van der Waals surface area contributed by atoms with Crippen LogP contribution in [0.5, 0.6) is 5.95 Å². The molecule has 1 aromatic heterocycles. The lowest BCUT2D eigenvalue weighted by Crippen LogP contribution is -2.21. The van der Waals surface area contributed by atoms with Crippen molar-refractivity contribution in [2.24, 2.45) is 5.73 Å². The molecule has 98 valence electrons. The number of nitrogens with one attached hydrogen (secondary N) is 1. The molecule has 1 heterocycles. The molecule has 1 atom stereocenters. The Hall–Kier alpha value is -2.63. The van der Waals surface area contributed by atoms with Crippen molar-refractivity contribution in [1.29, 1.82) is 5.41 Å². The Morgan fingerprint density at radius 3 is 2.79 bits per heavy atom. The quantitative estimate of drug-likeness (QED) is 0.494. The molecule has 0 saturated heterocycles. The zero-order valence-corrected chi connectivity index (χ0v) is 10.3. The van der Waals surface area contributed by atoms with Crippen LogP contribution in [-0.4, -0.2) is 17.0 Å². The number of nitrogens with two attached hydrogens (primary N) is 1. The Labute approximate surface area is 109 Å². The minimum atomic E-state index is -0.565. The van der Waals surface area contributed by atoms with Gasteiger partial charge in [0.1, 0.15) is 5.84 Å². The molecular formula is C13H13N3O3. The van der Waals surface area contributed by atoms with Crippen LogP contribution >= 0.6 is 0 Å². The maximum atomic E-state index is 12.0. The van der Waals surface area contributed by atoms with Gasteiger partial charge in [-0.25, -0.2) is 0 Å². The maximum absolute atomic E-state index is 12.0. The highest BCUT2D eigenvalue weighted by Crippen LogP contribution is 2.22. The highest BCUT2D eigenvalue weighted by molar-refractivity contribution is 5.98. The Balaban J connectivity index is 2.22. The van der Waals surface area contributed by atoms with Gasteiger partial charge in [0.15, 0.2) is 0 Å². The van der Waals surface area contributed by atoms with Gasteiger partial charge in [-0.15, -0.1) is 0 Å². The number of benzene rings is 1. The number of esters is 1. The number of hydrogen-bond acceptors (Lipinski definition) is 5. The zero-order chi connectivity index (χ0) is 13.8. The molecule has 0 amide bonds. The molecule has 1 unspecified atom stereocenters.